The van der Waals surface area contributed by atoms with Crippen LogP contribution in [0.2, 0.25) is 0 Å². The Bertz CT molecular complexity index is 1820. The highest BCUT2D eigenvalue weighted by molar-refractivity contribution is 6.25. The summed E-state index contributed by atoms with van der Waals surface area (Å²) in [7, 11) is 0. The molecule has 3 aromatic rings. The van der Waals surface area contributed by atoms with E-state index in [2.05, 4.69) is 0 Å². The highest BCUT2D eigenvalue weighted by atomic mass is 16.6. The van der Waals surface area contributed by atoms with Gasteiger partial charge in [-0.1, -0.05) is 44.2 Å². The second kappa shape index (κ2) is 9.38. The Morgan fingerprint density at radius 1 is 0.810 bits per heavy atom. The molecular weight excluding hydrogens is 530 g/mol. The number of ketones is 3. The number of anilines is 1. The van der Waals surface area contributed by atoms with Crippen LogP contribution in [0, 0.1) is 5.41 Å². The SMILES string of the molecule is CC1=C(C)C(=O)C(C(C)(C)CC(=O)Cc2ccc3c(c2)Oc2cc(N)ccc2C32OC(=O)c3ccccc32)=C(C)C1=O. The molecule has 0 saturated heterocycles. The third-order valence-electron chi connectivity index (χ3n) is 8.71. The third-order valence-corrected chi connectivity index (χ3v) is 8.71. The normalized spacial score (nSPS) is 19.4. The van der Waals surface area contributed by atoms with Gasteiger partial charge in [-0.25, -0.2) is 4.79 Å². The molecular formula is C35H31NO6. The molecule has 1 spiro atoms. The van der Waals surface area contributed by atoms with Crippen LogP contribution in [0.15, 0.2) is 83.0 Å². The molecule has 1 atom stereocenters. The van der Waals surface area contributed by atoms with Crippen LogP contribution < -0.4 is 10.5 Å². The summed E-state index contributed by atoms with van der Waals surface area (Å²) in [6, 6.07) is 18.0. The average molecular weight is 562 g/mol. The molecule has 42 heavy (non-hydrogen) atoms. The van der Waals surface area contributed by atoms with Crippen molar-refractivity contribution in [2.45, 2.75) is 53.1 Å². The molecule has 1 aliphatic carbocycles. The zero-order chi connectivity index (χ0) is 30.1. The summed E-state index contributed by atoms with van der Waals surface area (Å²) in [6.07, 6.45) is 0.173. The topological polar surface area (TPSA) is 113 Å². The van der Waals surface area contributed by atoms with Crippen LogP contribution in [0.25, 0.3) is 0 Å². The van der Waals surface area contributed by atoms with E-state index >= 15 is 0 Å². The summed E-state index contributed by atoms with van der Waals surface area (Å²) in [5.74, 6) is 0.0847. The van der Waals surface area contributed by atoms with E-state index in [0.717, 1.165) is 0 Å². The zero-order valence-corrected chi connectivity index (χ0v) is 24.2. The number of nitrogens with two attached hydrogens (primary N) is 1. The maximum Gasteiger partial charge on any atom is 0.340 e. The number of benzene rings is 3. The van der Waals surface area contributed by atoms with Crippen molar-refractivity contribution < 1.29 is 28.7 Å². The van der Waals surface area contributed by atoms with Gasteiger partial charge in [0.25, 0.3) is 0 Å². The molecule has 7 nitrogen and oxygen atoms in total. The van der Waals surface area contributed by atoms with Gasteiger partial charge < -0.3 is 15.2 Å². The lowest BCUT2D eigenvalue weighted by molar-refractivity contribution is -0.121. The fourth-order valence-electron chi connectivity index (χ4n) is 6.63. The summed E-state index contributed by atoms with van der Waals surface area (Å²) in [4.78, 5) is 52.4. The van der Waals surface area contributed by atoms with Gasteiger partial charge in [0.15, 0.2) is 17.2 Å². The first-order valence-electron chi connectivity index (χ1n) is 13.9. The number of nitrogen functional groups attached to an aromatic ring is 1. The summed E-state index contributed by atoms with van der Waals surface area (Å²) in [5.41, 5.74) is 9.45. The highest BCUT2D eigenvalue weighted by Gasteiger charge is 2.53. The Morgan fingerprint density at radius 3 is 2.19 bits per heavy atom. The fourth-order valence-corrected chi connectivity index (χ4v) is 6.63. The van der Waals surface area contributed by atoms with Gasteiger partial charge in [0.2, 0.25) is 0 Å². The predicted molar refractivity (Wildman–Crippen MR) is 157 cm³/mol. The van der Waals surface area contributed by atoms with E-state index < -0.39 is 17.0 Å². The number of hydrogen-bond acceptors (Lipinski definition) is 7. The molecule has 2 aliphatic heterocycles. The standard InChI is InChI=1S/C35H31NO6/c1-18-19(2)32(39)30(20(3)31(18)38)34(4,5)17-23(37)14-21-10-12-26-28(15-21)41-29-16-22(36)11-13-27(29)35(26)25-9-7-6-8-24(25)33(40)42-35/h6-13,15-16H,14,17,36H2,1-5H3. The molecule has 2 N–H and O–H groups in total. The van der Waals surface area contributed by atoms with Gasteiger partial charge >= 0.3 is 5.97 Å². The molecule has 3 aliphatic rings. The number of ether oxygens (including phenoxy) is 2. The van der Waals surface area contributed by atoms with Crippen molar-refractivity contribution in [3.05, 3.63) is 111 Å². The van der Waals surface area contributed by atoms with Crippen LogP contribution in [-0.4, -0.2) is 23.3 Å². The van der Waals surface area contributed by atoms with Gasteiger partial charge in [-0.3, -0.25) is 14.4 Å². The minimum Gasteiger partial charge on any atom is -0.456 e. The van der Waals surface area contributed by atoms with Crippen LogP contribution in [0.5, 0.6) is 11.5 Å². The maximum absolute atomic E-state index is 13.4. The molecule has 212 valence electrons. The van der Waals surface area contributed by atoms with Crippen molar-refractivity contribution in [1.29, 1.82) is 0 Å². The Balaban J connectivity index is 1.34. The van der Waals surface area contributed by atoms with E-state index in [4.69, 9.17) is 15.2 Å². The molecule has 7 heteroatoms. The number of esters is 1. The number of Topliss-reactive ketones (excluding diaryl/α,β-unsaturated/α-hetero) is 3. The minimum absolute atomic E-state index is 0.0806. The van der Waals surface area contributed by atoms with E-state index in [1.54, 1.807) is 51.1 Å². The molecule has 0 bridgehead atoms. The Labute approximate surface area is 244 Å². The van der Waals surface area contributed by atoms with Gasteiger partial charge in [0, 0.05) is 69.0 Å². The lowest BCUT2D eigenvalue weighted by Gasteiger charge is -2.36. The Hall–Kier alpha value is -4.78. The number of allylic oxidation sites excluding steroid dienone is 4. The quantitative estimate of drug-likeness (QED) is 0.225. The van der Waals surface area contributed by atoms with Crippen molar-refractivity contribution in [2.75, 3.05) is 5.73 Å². The van der Waals surface area contributed by atoms with Gasteiger partial charge in [0.05, 0.1) is 5.56 Å². The Morgan fingerprint density at radius 2 is 1.45 bits per heavy atom. The molecule has 3 aromatic carbocycles. The smallest absolute Gasteiger partial charge is 0.340 e. The van der Waals surface area contributed by atoms with E-state index in [1.807, 2.05) is 44.2 Å². The third kappa shape index (κ3) is 3.95. The average Bonchev–Trinajstić information content (AvgIpc) is 3.22. The van der Waals surface area contributed by atoms with E-state index in [1.165, 1.54) is 0 Å². The summed E-state index contributed by atoms with van der Waals surface area (Å²) >= 11 is 0. The summed E-state index contributed by atoms with van der Waals surface area (Å²) in [6.45, 7) is 8.64. The summed E-state index contributed by atoms with van der Waals surface area (Å²) in [5, 5.41) is 0. The molecule has 6 rings (SSSR count). The zero-order valence-electron chi connectivity index (χ0n) is 24.2. The van der Waals surface area contributed by atoms with Crippen LogP contribution in [0.1, 0.15) is 73.7 Å². The monoisotopic (exact) mass is 561 g/mol. The lowest BCUT2D eigenvalue weighted by atomic mass is 9.70. The van der Waals surface area contributed by atoms with Crippen molar-refractivity contribution in [2.24, 2.45) is 5.41 Å². The second-order valence-electron chi connectivity index (χ2n) is 12.0. The van der Waals surface area contributed by atoms with Crippen LogP contribution in [0.4, 0.5) is 5.69 Å². The number of carbonyl (C=O) groups excluding carboxylic acids is 4. The van der Waals surface area contributed by atoms with Crippen molar-refractivity contribution in [3.8, 4) is 11.5 Å². The molecule has 0 radical (unpaired) electrons. The molecule has 1 unspecified atom stereocenters. The molecule has 0 amide bonds. The number of hydrogen-bond donors (Lipinski definition) is 1. The van der Waals surface area contributed by atoms with Crippen LogP contribution in [-0.2, 0) is 31.1 Å². The first-order valence-corrected chi connectivity index (χ1v) is 13.9. The minimum atomic E-state index is -1.21. The van der Waals surface area contributed by atoms with Crippen molar-refractivity contribution in [3.63, 3.8) is 0 Å². The predicted octanol–water partition coefficient (Wildman–Crippen LogP) is 6.17. The Kier molecular flexibility index (Phi) is 6.12. The number of rotatable bonds is 5. The van der Waals surface area contributed by atoms with Gasteiger partial charge in [-0.2, -0.15) is 0 Å². The largest absolute Gasteiger partial charge is 0.456 e. The summed E-state index contributed by atoms with van der Waals surface area (Å²) < 4.78 is 12.5. The first-order chi connectivity index (χ1) is 19.8. The van der Waals surface area contributed by atoms with Crippen molar-refractivity contribution >= 4 is 29.0 Å². The first kappa shape index (κ1) is 27.4. The molecule has 0 aromatic heterocycles. The van der Waals surface area contributed by atoms with Gasteiger partial charge in [-0.15, -0.1) is 0 Å². The van der Waals surface area contributed by atoms with Gasteiger partial charge in [-0.05, 0) is 50.6 Å². The molecule has 2 heterocycles. The number of fused-ring (bicyclic) bond motifs is 6. The highest BCUT2D eigenvalue weighted by Crippen LogP contribution is 2.56. The lowest BCUT2D eigenvalue weighted by Crippen LogP contribution is -2.33. The van der Waals surface area contributed by atoms with Crippen LogP contribution in [0.3, 0.4) is 0 Å². The fraction of sp³-hybridized carbons (Fsp3) is 0.257. The van der Waals surface area contributed by atoms with E-state index in [9.17, 15) is 19.2 Å². The van der Waals surface area contributed by atoms with Crippen molar-refractivity contribution in [1.82, 2.24) is 0 Å². The van der Waals surface area contributed by atoms with Crippen LogP contribution >= 0.6 is 0 Å². The maximum atomic E-state index is 13.4. The second-order valence-corrected chi connectivity index (χ2v) is 12.0. The van der Waals surface area contributed by atoms with E-state index in [0.29, 0.717) is 67.3 Å². The molecule has 0 fully saturated rings. The molecule has 0 saturated carbocycles. The number of carbonyl (C=O) groups is 4. The van der Waals surface area contributed by atoms with Gasteiger partial charge in [0.1, 0.15) is 17.3 Å². The van der Waals surface area contributed by atoms with E-state index in [-0.39, 0.29) is 30.2 Å².